The largest absolute Gasteiger partial charge is 0.493 e. The van der Waals surface area contributed by atoms with Crippen LogP contribution in [0.3, 0.4) is 0 Å². The van der Waals surface area contributed by atoms with Gasteiger partial charge in [-0.05, 0) is 6.42 Å². The molecule has 0 radical (unpaired) electrons. The Bertz CT molecular complexity index is 549. The van der Waals surface area contributed by atoms with Gasteiger partial charge in [0.2, 0.25) is 0 Å². The first kappa shape index (κ1) is 20.1. The maximum atomic E-state index is 12.2. The van der Waals surface area contributed by atoms with E-state index >= 15 is 0 Å². The zero-order valence-corrected chi connectivity index (χ0v) is 15.0. The lowest BCUT2D eigenvalue weighted by Crippen LogP contribution is -2.16. The summed E-state index contributed by atoms with van der Waals surface area (Å²) >= 11 is 0. The van der Waals surface area contributed by atoms with Gasteiger partial charge < -0.3 is 23.7 Å². The minimum absolute atomic E-state index is 0.00364. The normalized spacial score (nSPS) is 16.8. The van der Waals surface area contributed by atoms with Crippen molar-refractivity contribution in [3.05, 3.63) is 23.5 Å². The average Bonchev–Trinajstić information content (AvgIpc) is 2.65. The first-order valence-electron chi connectivity index (χ1n) is 8.85. The minimum atomic E-state index is -0.646. The third kappa shape index (κ3) is 6.97. The summed E-state index contributed by atoms with van der Waals surface area (Å²) in [5.41, 5.74) is -0.00729. The van der Waals surface area contributed by atoms with Gasteiger partial charge in [-0.2, -0.15) is 0 Å². The topological polar surface area (TPSA) is 93.2 Å². The van der Waals surface area contributed by atoms with Gasteiger partial charge in [-0.25, -0.2) is 14.6 Å². The summed E-state index contributed by atoms with van der Waals surface area (Å²) in [7, 11) is 0. The molecule has 0 saturated heterocycles. The number of hydrogen-bond donors (Lipinski definition) is 0. The van der Waals surface area contributed by atoms with Crippen molar-refractivity contribution < 1.29 is 33.3 Å². The smallest absolute Gasteiger partial charge is 0.357 e. The van der Waals surface area contributed by atoms with E-state index in [0.29, 0.717) is 25.6 Å². The highest BCUT2D eigenvalue weighted by molar-refractivity contribution is 5.92. The van der Waals surface area contributed by atoms with Crippen molar-refractivity contribution in [3.8, 4) is 5.75 Å². The number of carbonyl (C=O) groups excluding carboxylic acids is 2. The third-order valence-electron chi connectivity index (χ3n) is 3.53. The Morgan fingerprint density at radius 1 is 0.885 bits per heavy atom. The molecular formula is C18H25NO7. The van der Waals surface area contributed by atoms with E-state index in [2.05, 4.69) is 11.9 Å². The molecule has 0 amide bonds. The standard InChI is InChI=1S/C18H25NO7/c1-2-3-4-5-24-14-12-15-17(20)25-10-8-22-6-7-23-9-11-26-18(21)16(13-14)19-15/h12-13H,2-11H2,1H3. The second-order valence-electron chi connectivity index (χ2n) is 5.63. The molecule has 0 spiro atoms. The Morgan fingerprint density at radius 2 is 1.42 bits per heavy atom. The molecule has 2 bridgehead atoms. The molecule has 2 heterocycles. The third-order valence-corrected chi connectivity index (χ3v) is 3.53. The van der Waals surface area contributed by atoms with Crippen LogP contribution >= 0.6 is 0 Å². The van der Waals surface area contributed by atoms with Crippen molar-refractivity contribution in [2.45, 2.75) is 26.2 Å². The van der Waals surface area contributed by atoms with E-state index in [-0.39, 0.29) is 37.8 Å². The fourth-order valence-electron chi connectivity index (χ4n) is 2.20. The summed E-state index contributed by atoms with van der Waals surface area (Å²) in [6, 6.07) is 2.93. The molecule has 1 aliphatic heterocycles. The Morgan fingerprint density at radius 3 is 1.96 bits per heavy atom. The summed E-state index contributed by atoms with van der Waals surface area (Å²) < 4.78 is 26.4. The van der Waals surface area contributed by atoms with Crippen molar-refractivity contribution in [1.82, 2.24) is 4.98 Å². The molecule has 26 heavy (non-hydrogen) atoms. The van der Waals surface area contributed by atoms with Crippen LogP contribution in [0.1, 0.15) is 47.2 Å². The fraction of sp³-hybridized carbons (Fsp3) is 0.611. The van der Waals surface area contributed by atoms with Gasteiger partial charge in [-0.1, -0.05) is 19.8 Å². The number of hydrogen-bond acceptors (Lipinski definition) is 8. The average molecular weight is 367 g/mol. The molecule has 8 nitrogen and oxygen atoms in total. The second-order valence-corrected chi connectivity index (χ2v) is 5.63. The molecule has 0 fully saturated rings. The minimum Gasteiger partial charge on any atom is -0.493 e. The molecule has 0 aromatic carbocycles. The predicted octanol–water partition coefficient (Wildman–Crippen LogP) is 2.01. The fourth-order valence-corrected chi connectivity index (χ4v) is 2.20. The number of unbranched alkanes of at least 4 members (excludes halogenated alkanes) is 2. The van der Waals surface area contributed by atoms with E-state index in [1.165, 1.54) is 12.1 Å². The van der Waals surface area contributed by atoms with Gasteiger partial charge in [0.05, 0.1) is 33.0 Å². The number of carbonyl (C=O) groups is 2. The zero-order valence-electron chi connectivity index (χ0n) is 15.0. The number of cyclic esters (lactones) is 2. The number of nitrogens with zero attached hydrogens (tertiary/aromatic N) is 1. The summed E-state index contributed by atoms with van der Waals surface area (Å²) in [4.78, 5) is 28.4. The van der Waals surface area contributed by atoms with Crippen molar-refractivity contribution in [1.29, 1.82) is 0 Å². The van der Waals surface area contributed by atoms with E-state index in [9.17, 15) is 9.59 Å². The van der Waals surface area contributed by atoms with Crippen molar-refractivity contribution in [2.75, 3.05) is 46.2 Å². The van der Waals surface area contributed by atoms with Crippen LogP contribution in [0.2, 0.25) is 0 Å². The number of pyridine rings is 1. The molecule has 2 rings (SSSR count). The van der Waals surface area contributed by atoms with Crippen LogP contribution in [0.5, 0.6) is 5.75 Å². The van der Waals surface area contributed by atoms with E-state index in [4.69, 9.17) is 23.7 Å². The number of ether oxygens (including phenoxy) is 5. The number of esters is 2. The summed E-state index contributed by atoms with van der Waals surface area (Å²) in [6.45, 7) is 4.00. The highest BCUT2D eigenvalue weighted by Gasteiger charge is 2.18. The highest BCUT2D eigenvalue weighted by Crippen LogP contribution is 2.17. The molecule has 0 unspecified atom stereocenters. The number of rotatable bonds is 5. The quantitative estimate of drug-likeness (QED) is 0.576. The monoisotopic (exact) mass is 367 g/mol. The van der Waals surface area contributed by atoms with E-state index in [1.54, 1.807) is 0 Å². The summed E-state index contributed by atoms with van der Waals surface area (Å²) in [6.07, 6.45) is 2.99. The predicted molar refractivity (Wildman–Crippen MR) is 91.5 cm³/mol. The van der Waals surface area contributed by atoms with Crippen LogP contribution in [-0.2, 0) is 18.9 Å². The first-order chi connectivity index (χ1) is 12.7. The SMILES string of the molecule is CCCCCOc1cc2nc(c1)C(=O)OCCOCCOCCOC2=O. The molecule has 8 heteroatoms. The highest BCUT2D eigenvalue weighted by atomic mass is 16.6. The van der Waals surface area contributed by atoms with Crippen LogP contribution in [0, 0.1) is 0 Å². The molecule has 1 aromatic rings. The van der Waals surface area contributed by atoms with E-state index in [0.717, 1.165) is 19.3 Å². The van der Waals surface area contributed by atoms with Gasteiger partial charge in [0.1, 0.15) is 19.0 Å². The van der Waals surface area contributed by atoms with Crippen molar-refractivity contribution in [3.63, 3.8) is 0 Å². The van der Waals surface area contributed by atoms with Crippen molar-refractivity contribution in [2.24, 2.45) is 0 Å². The second kappa shape index (κ2) is 11.4. The zero-order chi connectivity index (χ0) is 18.6. The Kier molecular flexibility index (Phi) is 8.85. The Labute approximate surface area is 152 Å². The van der Waals surface area contributed by atoms with Crippen LogP contribution in [0.15, 0.2) is 12.1 Å². The molecule has 0 aliphatic carbocycles. The molecule has 0 saturated carbocycles. The van der Waals surface area contributed by atoms with E-state index in [1.807, 2.05) is 0 Å². The van der Waals surface area contributed by atoms with Crippen LogP contribution in [0.25, 0.3) is 0 Å². The maximum absolute atomic E-state index is 12.2. The summed E-state index contributed by atoms with van der Waals surface area (Å²) in [5.74, 6) is -0.910. The molecule has 1 aliphatic rings. The lowest BCUT2D eigenvalue weighted by atomic mass is 10.2. The van der Waals surface area contributed by atoms with Crippen LogP contribution in [0.4, 0.5) is 0 Å². The number of aromatic nitrogens is 1. The molecule has 0 N–H and O–H groups in total. The molecular weight excluding hydrogens is 342 g/mol. The van der Waals surface area contributed by atoms with Crippen LogP contribution in [-0.4, -0.2) is 63.2 Å². The first-order valence-corrected chi connectivity index (χ1v) is 8.85. The lowest BCUT2D eigenvalue weighted by molar-refractivity contribution is 0.00280. The van der Waals surface area contributed by atoms with Gasteiger partial charge in [0, 0.05) is 12.1 Å². The van der Waals surface area contributed by atoms with Gasteiger partial charge in [-0.15, -0.1) is 0 Å². The Hall–Kier alpha value is -2.19. The van der Waals surface area contributed by atoms with Crippen molar-refractivity contribution >= 4 is 11.9 Å². The van der Waals surface area contributed by atoms with Gasteiger partial charge in [-0.3, -0.25) is 0 Å². The van der Waals surface area contributed by atoms with Gasteiger partial charge >= 0.3 is 11.9 Å². The summed E-state index contributed by atoms with van der Waals surface area (Å²) in [5, 5.41) is 0. The molecule has 0 atom stereocenters. The lowest BCUT2D eigenvalue weighted by Gasteiger charge is -2.10. The van der Waals surface area contributed by atoms with E-state index < -0.39 is 11.9 Å². The molecule has 144 valence electrons. The maximum Gasteiger partial charge on any atom is 0.357 e. The number of fused-ring (bicyclic) bond motifs is 2. The van der Waals surface area contributed by atoms with Gasteiger partial charge in [0.15, 0.2) is 11.4 Å². The van der Waals surface area contributed by atoms with Gasteiger partial charge in [0.25, 0.3) is 0 Å². The molecule has 1 aromatic heterocycles. The Balaban J connectivity index is 2.13. The van der Waals surface area contributed by atoms with Crippen LogP contribution < -0.4 is 4.74 Å².